The Kier molecular flexibility index (Phi) is 6.11. The van der Waals surface area contributed by atoms with E-state index in [9.17, 15) is 4.79 Å². The molecule has 2 aromatic rings. The largest absolute Gasteiger partial charge is 0.341 e. The smallest absolute Gasteiger partial charge is 0.261 e. The summed E-state index contributed by atoms with van der Waals surface area (Å²) < 4.78 is 0. The van der Waals surface area contributed by atoms with E-state index < -0.39 is 0 Å². The Morgan fingerprint density at radius 2 is 1.71 bits per heavy atom. The summed E-state index contributed by atoms with van der Waals surface area (Å²) in [5, 5.41) is 6.34. The van der Waals surface area contributed by atoms with Gasteiger partial charge < -0.3 is 25.3 Å². The van der Waals surface area contributed by atoms with Crippen LogP contribution in [0.2, 0.25) is 0 Å². The van der Waals surface area contributed by atoms with Crippen LogP contribution < -0.4 is 15.5 Å². The Labute approximate surface area is 184 Å². The van der Waals surface area contributed by atoms with Crippen LogP contribution in [0.5, 0.6) is 0 Å². The molecule has 0 bridgehead atoms. The SMILES string of the molecule is Cc1cc2c(cc1C)Nc1nc(N(C)C3CCN(CCN(C)C)CC3)ncc1C(=O)N2. The van der Waals surface area contributed by atoms with Crippen molar-refractivity contribution in [3.05, 3.63) is 35.0 Å². The van der Waals surface area contributed by atoms with E-state index in [4.69, 9.17) is 4.98 Å². The third kappa shape index (κ3) is 4.65. The molecular formula is C23H33N7O. The van der Waals surface area contributed by atoms with E-state index in [-0.39, 0.29) is 5.91 Å². The van der Waals surface area contributed by atoms with E-state index in [0.717, 1.165) is 61.5 Å². The highest BCUT2D eigenvalue weighted by Crippen LogP contribution is 2.33. The topological polar surface area (TPSA) is 76.6 Å². The number of hydrogen-bond acceptors (Lipinski definition) is 7. The number of aromatic nitrogens is 2. The second-order valence-electron chi connectivity index (χ2n) is 8.98. The molecule has 2 aliphatic rings. The molecule has 0 saturated carbocycles. The lowest BCUT2D eigenvalue weighted by molar-refractivity contribution is 0.102. The number of nitrogens with one attached hydrogen (secondary N) is 2. The number of rotatable bonds is 5. The number of carbonyl (C=O) groups excluding carboxylic acids is 1. The summed E-state index contributed by atoms with van der Waals surface area (Å²) in [4.78, 5) is 28.9. The highest BCUT2D eigenvalue weighted by molar-refractivity contribution is 6.11. The second kappa shape index (κ2) is 8.80. The molecule has 8 nitrogen and oxygen atoms in total. The van der Waals surface area contributed by atoms with Crippen LogP contribution in [0.3, 0.4) is 0 Å². The molecule has 2 aliphatic heterocycles. The van der Waals surface area contributed by atoms with Gasteiger partial charge in [0, 0.05) is 45.5 Å². The van der Waals surface area contributed by atoms with Crippen LogP contribution in [0.25, 0.3) is 0 Å². The first kappa shape index (κ1) is 21.5. The summed E-state index contributed by atoms with van der Waals surface area (Å²) in [6, 6.07) is 4.44. The lowest BCUT2D eigenvalue weighted by Gasteiger charge is -2.37. The predicted octanol–water partition coefficient (Wildman–Crippen LogP) is 2.86. The van der Waals surface area contributed by atoms with Crippen molar-refractivity contribution < 1.29 is 4.79 Å². The first-order valence-electron chi connectivity index (χ1n) is 11.0. The third-order valence-electron chi connectivity index (χ3n) is 6.44. The van der Waals surface area contributed by atoms with E-state index in [2.05, 4.69) is 64.5 Å². The van der Waals surface area contributed by atoms with Crippen molar-refractivity contribution in [3.8, 4) is 0 Å². The van der Waals surface area contributed by atoms with Gasteiger partial charge in [-0.05, 0) is 64.0 Å². The molecule has 0 atom stereocenters. The minimum atomic E-state index is -0.187. The summed E-state index contributed by atoms with van der Waals surface area (Å²) in [5.41, 5.74) is 4.39. The molecule has 2 N–H and O–H groups in total. The Morgan fingerprint density at radius 3 is 2.35 bits per heavy atom. The zero-order chi connectivity index (χ0) is 22.1. The van der Waals surface area contributed by atoms with Crippen molar-refractivity contribution in [2.24, 2.45) is 0 Å². The van der Waals surface area contributed by atoms with Crippen molar-refractivity contribution >= 4 is 29.0 Å². The summed E-state index contributed by atoms with van der Waals surface area (Å²) in [6.07, 6.45) is 3.80. The monoisotopic (exact) mass is 423 g/mol. The molecule has 1 aromatic heterocycles. The van der Waals surface area contributed by atoms with Crippen LogP contribution in [0.4, 0.5) is 23.1 Å². The Morgan fingerprint density at radius 1 is 1.06 bits per heavy atom. The molecular weight excluding hydrogens is 390 g/mol. The molecule has 1 saturated heterocycles. The van der Waals surface area contributed by atoms with Crippen molar-refractivity contribution in [2.75, 3.05) is 62.9 Å². The van der Waals surface area contributed by atoms with Gasteiger partial charge in [0.05, 0.1) is 11.4 Å². The van der Waals surface area contributed by atoms with Gasteiger partial charge in [-0.15, -0.1) is 0 Å². The fraction of sp³-hybridized carbons (Fsp3) is 0.522. The number of amides is 1. The minimum absolute atomic E-state index is 0.187. The van der Waals surface area contributed by atoms with Gasteiger partial charge >= 0.3 is 0 Å². The number of hydrogen-bond donors (Lipinski definition) is 2. The quantitative estimate of drug-likeness (QED) is 0.766. The number of nitrogens with zero attached hydrogens (tertiary/aromatic N) is 5. The number of anilines is 4. The Hall–Kier alpha value is -2.71. The molecule has 1 aromatic carbocycles. The molecule has 1 amide bonds. The molecule has 0 spiro atoms. The van der Waals surface area contributed by atoms with E-state index in [1.54, 1.807) is 6.20 Å². The van der Waals surface area contributed by atoms with Gasteiger partial charge in [-0.1, -0.05) is 0 Å². The minimum Gasteiger partial charge on any atom is -0.341 e. The van der Waals surface area contributed by atoms with Crippen LogP contribution >= 0.6 is 0 Å². The van der Waals surface area contributed by atoms with E-state index in [1.165, 1.54) is 0 Å². The maximum absolute atomic E-state index is 12.7. The van der Waals surface area contributed by atoms with Crippen molar-refractivity contribution in [1.29, 1.82) is 0 Å². The van der Waals surface area contributed by atoms with Gasteiger partial charge in [0.1, 0.15) is 11.4 Å². The molecule has 166 valence electrons. The van der Waals surface area contributed by atoms with Gasteiger partial charge in [0.15, 0.2) is 0 Å². The number of carbonyl (C=O) groups is 1. The van der Waals surface area contributed by atoms with Gasteiger partial charge in [-0.25, -0.2) is 4.98 Å². The number of aryl methyl sites for hydroxylation is 2. The summed E-state index contributed by atoms with van der Waals surface area (Å²) >= 11 is 0. The molecule has 4 rings (SSSR count). The highest BCUT2D eigenvalue weighted by atomic mass is 16.1. The van der Waals surface area contributed by atoms with Crippen molar-refractivity contribution in [3.63, 3.8) is 0 Å². The number of likely N-dealkylation sites (N-methyl/N-ethyl adjacent to an activating group) is 1. The normalized spacial score (nSPS) is 16.9. The molecule has 31 heavy (non-hydrogen) atoms. The van der Waals surface area contributed by atoms with Crippen LogP contribution in [0.15, 0.2) is 18.3 Å². The van der Waals surface area contributed by atoms with Gasteiger partial charge in [-0.2, -0.15) is 4.98 Å². The van der Waals surface area contributed by atoms with Crippen molar-refractivity contribution in [2.45, 2.75) is 32.7 Å². The van der Waals surface area contributed by atoms with E-state index in [0.29, 0.717) is 23.4 Å². The second-order valence-corrected chi connectivity index (χ2v) is 8.98. The number of benzene rings is 1. The maximum Gasteiger partial charge on any atom is 0.261 e. The zero-order valence-corrected chi connectivity index (χ0v) is 19.2. The first-order valence-corrected chi connectivity index (χ1v) is 11.0. The Balaban J connectivity index is 1.50. The molecule has 0 aliphatic carbocycles. The van der Waals surface area contributed by atoms with Gasteiger partial charge in [0.25, 0.3) is 5.91 Å². The summed E-state index contributed by atoms with van der Waals surface area (Å²) in [6.45, 7) is 8.47. The molecule has 1 fully saturated rings. The lowest BCUT2D eigenvalue weighted by atomic mass is 10.0. The highest BCUT2D eigenvalue weighted by Gasteiger charge is 2.26. The van der Waals surface area contributed by atoms with Gasteiger partial charge in [-0.3, -0.25) is 4.79 Å². The zero-order valence-electron chi connectivity index (χ0n) is 19.2. The maximum atomic E-state index is 12.7. The standard InChI is InChI=1S/C23H33N7O/c1-15-12-19-20(13-16(15)2)26-22(31)18-14-24-23(27-21(18)25-19)29(5)17-6-8-30(9-7-17)11-10-28(3)4/h12-14,17H,6-11H2,1-5H3,(H,26,31)(H,24,25,27). The van der Waals surface area contributed by atoms with E-state index in [1.807, 2.05) is 13.0 Å². The van der Waals surface area contributed by atoms with Gasteiger partial charge in [0.2, 0.25) is 5.95 Å². The Bertz CT molecular complexity index is 967. The molecule has 8 heteroatoms. The average Bonchev–Trinajstić information content (AvgIpc) is 2.88. The van der Waals surface area contributed by atoms with E-state index >= 15 is 0 Å². The molecule has 0 unspecified atom stereocenters. The molecule has 3 heterocycles. The number of piperidine rings is 1. The third-order valence-corrected chi connectivity index (χ3v) is 6.44. The summed E-state index contributed by atoms with van der Waals surface area (Å²) in [5.74, 6) is 1.02. The fourth-order valence-electron chi connectivity index (χ4n) is 4.18. The number of fused-ring (bicyclic) bond motifs is 2. The lowest BCUT2D eigenvalue weighted by Crippen LogP contribution is -2.45. The van der Waals surface area contributed by atoms with Crippen LogP contribution in [0, 0.1) is 13.8 Å². The fourth-order valence-corrected chi connectivity index (χ4v) is 4.18. The van der Waals surface area contributed by atoms with Crippen LogP contribution in [-0.2, 0) is 0 Å². The molecule has 0 radical (unpaired) electrons. The van der Waals surface area contributed by atoms with Crippen LogP contribution in [-0.4, -0.2) is 79.0 Å². The predicted molar refractivity (Wildman–Crippen MR) is 126 cm³/mol. The van der Waals surface area contributed by atoms with Crippen LogP contribution in [0.1, 0.15) is 34.3 Å². The summed E-state index contributed by atoms with van der Waals surface area (Å²) in [7, 11) is 6.29. The van der Waals surface area contributed by atoms with Crippen molar-refractivity contribution in [1.82, 2.24) is 19.8 Å². The average molecular weight is 424 g/mol. The first-order chi connectivity index (χ1) is 14.8. The number of likely N-dealkylation sites (tertiary alicyclic amines) is 1.